The van der Waals surface area contributed by atoms with Crippen molar-refractivity contribution in [3.63, 3.8) is 0 Å². The molecule has 0 saturated carbocycles. The Kier molecular flexibility index (Phi) is 2.05. The predicted molar refractivity (Wildman–Crippen MR) is 69.5 cm³/mol. The highest BCUT2D eigenvalue weighted by molar-refractivity contribution is 6.18. The van der Waals surface area contributed by atoms with Crippen LogP contribution in [0.4, 0.5) is 0 Å². The minimum Gasteiger partial charge on any atom is -0.350 e. The molecule has 1 aromatic carbocycles. The van der Waals surface area contributed by atoms with Crippen molar-refractivity contribution >= 4 is 16.6 Å². The van der Waals surface area contributed by atoms with Gasteiger partial charge in [0.1, 0.15) is 0 Å². The summed E-state index contributed by atoms with van der Waals surface area (Å²) in [5, 5.41) is 2.20. The summed E-state index contributed by atoms with van der Waals surface area (Å²) in [5.41, 5.74) is 3.02. The van der Waals surface area contributed by atoms with Crippen molar-refractivity contribution in [2.24, 2.45) is 7.05 Å². The highest BCUT2D eigenvalue weighted by atomic mass is 16.1. The van der Waals surface area contributed by atoms with E-state index in [-0.39, 0.29) is 5.78 Å². The lowest BCUT2D eigenvalue weighted by molar-refractivity contribution is 0.102. The van der Waals surface area contributed by atoms with Crippen LogP contribution in [0.1, 0.15) is 17.3 Å². The van der Waals surface area contributed by atoms with E-state index in [4.69, 9.17) is 0 Å². The maximum absolute atomic E-state index is 11.8. The summed E-state index contributed by atoms with van der Waals surface area (Å²) in [4.78, 5) is 11.8. The molecule has 0 fully saturated rings. The van der Waals surface area contributed by atoms with Crippen molar-refractivity contribution in [2.45, 2.75) is 6.92 Å². The zero-order valence-corrected chi connectivity index (χ0v) is 9.90. The van der Waals surface area contributed by atoms with E-state index in [9.17, 15) is 4.79 Å². The van der Waals surface area contributed by atoms with Gasteiger partial charge in [0.2, 0.25) is 0 Å². The van der Waals surface area contributed by atoms with Gasteiger partial charge in [0.05, 0.1) is 5.69 Å². The van der Waals surface area contributed by atoms with Crippen molar-refractivity contribution in [1.82, 2.24) is 4.57 Å². The fraction of sp³-hybridized carbons (Fsp3) is 0.133. The third-order valence-electron chi connectivity index (χ3n) is 3.25. The van der Waals surface area contributed by atoms with E-state index in [0.717, 1.165) is 27.6 Å². The molecule has 84 valence electrons. The van der Waals surface area contributed by atoms with Crippen LogP contribution < -0.4 is 0 Å². The number of fused-ring (bicyclic) bond motifs is 3. The van der Waals surface area contributed by atoms with Crippen LogP contribution in [0.15, 0.2) is 42.6 Å². The first kappa shape index (κ1) is 10.1. The maximum atomic E-state index is 11.8. The molecule has 0 aromatic heterocycles. The largest absolute Gasteiger partial charge is 0.350 e. The van der Waals surface area contributed by atoms with Crippen LogP contribution >= 0.6 is 0 Å². The quantitative estimate of drug-likeness (QED) is 0.579. The SMILES string of the molecule is CC(=O)c1c2cccn(C)c-2c2ccccc12. The molecule has 3 rings (SSSR count). The topological polar surface area (TPSA) is 22.0 Å². The smallest absolute Gasteiger partial charge is 0.161 e. The van der Waals surface area contributed by atoms with E-state index in [0.29, 0.717) is 0 Å². The summed E-state index contributed by atoms with van der Waals surface area (Å²) in [6, 6.07) is 12.1. The van der Waals surface area contributed by atoms with Gasteiger partial charge in [-0.25, -0.2) is 0 Å². The number of pyridine rings is 1. The summed E-state index contributed by atoms with van der Waals surface area (Å²) in [7, 11) is 2.01. The molecular weight excluding hydrogens is 210 g/mol. The molecule has 0 unspecified atom stereocenters. The van der Waals surface area contributed by atoms with Crippen molar-refractivity contribution in [1.29, 1.82) is 0 Å². The predicted octanol–water partition coefficient (Wildman–Crippen LogP) is 3.49. The maximum Gasteiger partial charge on any atom is 0.161 e. The monoisotopic (exact) mass is 223 g/mol. The van der Waals surface area contributed by atoms with Gasteiger partial charge in [0.25, 0.3) is 0 Å². The van der Waals surface area contributed by atoms with Crippen LogP contribution in [-0.4, -0.2) is 10.4 Å². The molecule has 0 bridgehead atoms. The molecule has 2 nitrogen and oxygen atoms in total. The number of aromatic nitrogens is 1. The molecule has 0 saturated heterocycles. The van der Waals surface area contributed by atoms with Crippen molar-refractivity contribution < 1.29 is 4.79 Å². The van der Waals surface area contributed by atoms with Gasteiger partial charge in [-0.1, -0.05) is 30.3 Å². The number of benzene rings is 1. The fourth-order valence-corrected chi connectivity index (χ4v) is 2.58. The number of rotatable bonds is 1. The minimum atomic E-state index is 0.127. The molecule has 0 atom stereocenters. The van der Waals surface area contributed by atoms with Crippen LogP contribution in [0.3, 0.4) is 0 Å². The van der Waals surface area contributed by atoms with Crippen LogP contribution in [0.5, 0.6) is 0 Å². The Morgan fingerprint density at radius 1 is 1.06 bits per heavy atom. The molecule has 1 aromatic rings. The second-order valence-corrected chi connectivity index (χ2v) is 4.36. The van der Waals surface area contributed by atoms with E-state index >= 15 is 0 Å². The third kappa shape index (κ3) is 1.30. The molecule has 2 heteroatoms. The van der Waals surface area contributed by atoms with Gasteiger partial charge in [-0.15, -0.1) is 0 Å². The van der Waals surface area contributed by atoms with Crippen molar-refractivity contribution in [3.8, 4) is 11.3 Å². The molecule has 0 amide bonds. The Bertz CT molecular complexity index is 693. The number of ketones is 1. The summed E-state index contributed by atoms with van der Waals surface area (Å²) < 4.78 is 2.07. The molecule has 1 heterocycles. The van der Waals surface area contributed by atoms with E-state index in [2.05, 4.69) is 10.6 Å². The van der Waals surface area contributed by atoms with Crippen LogP contribution in [0, 0.1) is 0 Å². The van der Waals surface area contributed by atoms with Gasteiger partial charge < -0.3 is 4.57 Å². The van der Waals surface area contributed by atoms with Crippen molar-refractivity contribution in [3.05, 3.63) is 48.2 Å². The first-order valence-electron chi connectivity index (χ1n) is 5.67. The Labute approximate surface area is 99.8 Å². The van der Waals surface area contributed by atoms with E-state index in [1.807, 2.05) is 43.6 Å². The molecule has 1 aliphatic carbocycles. The second kappa shape index (κ2) is 3.45. The summed E-state index contributed by atoms with van der Waals surface area (Å²) in [6.07, 6.45) is 2.01. The lowest BCUT2D eigenvalue weighted by Gasteiger charge is -2.08. The number of aryl methyl sites for hydroxylation is 1. The Morgan fingerprint density at radius 3 is 2.47 bits per heavy atom. The third-order valence-corrected chi connectivity index (χ3v) is 3.25. The molecular formula is C15H13NO. The highest BCUT2D eigenvalue weighted by Crippen LogP contribution is 2.38. The average Bonchev–Trinajstić information content (AvgIpc) is 2.64. The lowest BCUT2D eigenvalue weighted by atomic mass is 10.1. The Balaban J connectivity index is 2.60. The number of Topliss-reactive ketones (excluding diaryl/α,β-unsaturated/α-hetero) is 1. The first-order valence-corrected chi connectivity index (χ1v) is 5.67. The molecule has 0 spiro atoms. The van der Waals surface area contributed by atoms with Crippen LogP contribution in [0.25, 0.3) is 22.0 Å². The number of carbonyl (C=O) groups excluding carboxylic acids is 1. The molecule has 2 aliphatic rings. The van der Waals surface area contributed by atoms with Crippen molar-refractivity contribution in [2.75, 3.05) is 0 Å². The Hall–Kier alpha value is -2.09. The minimum absolute atomic E-state index is 0.127. The zero-order valence-electron chi connectivity index (χ0n) is 9.90. The van der Waals surface area contributed by atoms with Gasteiger partial charge in [0.15, 0.2) is 5.78 Å². The summed E-state index contributed by atoms with van der Waals surface area (Å²) >= 11 is 0. The summed E-state index contributed by atoms with van der Waals surface area (Å²) in [6.45, 7) is 1.63. The molecule has 17 heavy (non-hydrogen) atoms. The Morgan fingerprint density at radius 2 is 1.76 bits per heavy atom. The molecule has 0 radical (unpaired) electrons. The van der Waals surface area contributed by atoms with E-state index in [1.165, 1.54) is 0 Å². The van der Waals surface area contributed by atoms with Gasteiger partial charge in [-0.05, 0) is 18.4 Å². The first-order chi connectivity index (χ1) is 8.20. The van der Waals surface area contributed by atoms with Gasteiger partial charge >= 0.3 is 0 Å². The normalized spacial score (nSPS) is 11.2. The van der Waals surface area contributed by atoms with Crippen LogP contribution in [0.2, 0.25) is 0 Å². The average molecular weight is 223 g/mol. The van der Waals surface area contributed by atoms with E-state index in [1.54, 1.807) is 6.92 Å². The number of hydrogen-bond donors (Lipinski definition) is 0. The molecule has 1 aliphatic heterocycles. The zero-order chi connectivity index (χ0) is 12.0. The second-order valence-electron chi connectivity index (χ2n) is 4.36. The standard InChI is InChI=1S/C15H13NO/c1-10(17)14-11-6-3-4-7-12(11)15-13(14)8-5-9-16(15)2/h3-9H,1-2H3. The highest BCUT2D eigenvalue weighted by Gasteiger charge is 2.20. The van der Waals surface area contributed by atoms with Gasteiger partial charge in [-0.3, -0.25) is 4.79 Å². The molecule has 0 N–H and O–H groups in total. The summed E-state index contributed by atoms with van der Waals surface area (Å²) in [5.74, 6) is 0.127. The number of carbonyl (C=O) groups is 1. The number of hydrogen-bond acceptors (Lipinski definition) is 1. The fourth-order valence-electron chi connectivity index (χ4n) is 2.58. The van der Waals surface area contributed by atoms with Gasteiger partial charge in [0, 0.05) is 29.8 Å². The van der Waals surface area contributed by atoms with Gasteiger partial charge in [-0.2, -0.15) is 0 Å². The van der Waals surface area contributed by atoms with E-state index < -0.39 is 0 Å². The van der Waals surface area contributed by atoms with Crippen LogP contribution in [-0.2, 0) is 7.05 Å². The lowest BCUT2D eigenvalue weighted by Crippen LogP contribution is -1.97. The number of nitrogens with zero attached hydrogens (tertiary/aromatic N) is 1.